The lowest BCUT2D eigenvalue weighted by Crippen LogP contribution is -2.36. The highest BCUT2D eigenvalue weighted by atomic mass is 32.1. The fourth-order valence-corrected chi connectivity index (χ4v) is 3.83. The Bertz CT molecular complexity index is 911. The number of thiazole rings is 1. The lowest BCUT2D eigenvalue weighted by Gasteiger charge is -2.21. The average Bonchev–Trinajstić information content (AvgIpc) is 3.04. The summed E-state index contributed by atoms with van der Waals surface area (Å²) in [5.41, 5.74) is 1.74. The molecule has 3 aromatic rings. The van der Waals surface area contributed by atoms with Crippen molar-refractivity contribution in [2.45, 2.75) is 13.1 Å². The minimum absolute atomic E-state index is 0.00857. The van der Waals surface area contributed by atoms with E-state index in [1.54, 1.807) is 35.4 Å². The Morgan fingerprint density at radius 2 is 1.96 bits per heavy atom. The van der Waals surface area contributed by atoms with Crippen LogP contribution in [0.3, 0.4) is 0 Å². The Balaban J connectivity index is 1.56. The molecule has 0 radical (unpaired) electrons. The summed E-state index contributed by atoms with van der Waals surface area (Å²) < 4.78 is 19.8. The molecule has 0 aliphatic carbocycles. The standard InChI is InChI=1S/C20H22FN3O2S/c1-23(11-14-8-9-17(26-3)15(21)10-14)13-20(25)24(2)12-19-22-16-6-4-5-7-18(16)27-19/h4-10H,11-13H2,1-3H3. The lowest BCUT2D eigenvalue weighted by atomic mass is 10.2. The van der Waals surface area contributed by atoms with Gasteiger partial charge in [-0.15, -0.1) is 11.3 Å². The third-order valence-electron chi connectivity index (χ3n) is 4.21. The van der Waals surface area contributed by atoms with Gasteiger partial charge in [-0.2, -0.15) is 0 Å². The highest BCUT2D eigenvalue weighted by Gasteiger charge is 2.15. The van der Waals surface area contributed by atoms with Gasteiger partial charge in [0.25, 0.3) is 0 Å². The molecule has 142 valence electrons. The maximum atomic E-state index is 13.8. The van der Waals surface area contributed by atoms with E-state index in [1.807, 2.05) is 36.2 Å². The van der Waals surface area contributed by atoms with Crippen LogP contribution in [0.15, 0.2) is 42.5 Å². The Labute approximate surface area is 162 Å². The van der Waals surface area contributed by atoms with Crippen LogP contribution in [0.2, 0.25) is 0 Å². The molecule has 1 heterocycles. The number of methoxy groups -OCH3 is 1. The molecule has 7 heteroatoms. The van der Waals surface area contributed by atoms with Crippen LogP contribution >= 0.6 is 11.3 Å². The van der Waals surface area contributed by atoms with Gasteiger partial charge in [0.1, 0.15) is 5.01 Å². The summed E-state index contributed by atoms with van der Waals surface area (Å²) in [4.78, 5) is 20.6. The fraction of sp³-hybridized carbons (Fsp3) is 0.300. The summed E-state index contributed by atoms with van der Waals surface area (Å²) in [6.07, 6.45) is 0. The highest BCUT2D eigenvalue weighted by Crippen LogP contribution is 2.22. The van der Waals surface area contributed by atoms with Gasteiger partial charge in [0, 0.05) is 13.6 Å². The molecular weight excluding hydrogens is 365 g/mol. The van der Waals surface area contributed by atoms with E-state index >= 15 is 0 Å². The zero-order chi connectivity index (χ0) is 19.4. The van der Waals surface area contributed by atoms with E-state index in [0.29, 0.717) is 13.1 Å². The SMILES string of the molecule is COc1ccc(CN(C)CC(=O)N(C)Cc2nc3ccccc3s2)cc1F. The number of benzene rings is 2. The van der Waals surface area contributed by atoms with E-state index < -0.39 is 5.82 Å². The predicted molar refractivity (Wildman–Crippen MR) is 105 cm³/mol. The Hall–Kier alpha value is -2.51. The molecule has 0 aliphatic heterocycles. The summed E-state index contributed by atoms with van der Waals surface area (Å²) in [7, 11) is 5.05. The molecule has 1 aromatic heterocycles. The second-order valence-corrected chi connectivity index (χ2v) is 7.58. The van der Waals surface area contributed by atoms with Crippen molar-refractivity contribution in [3.63, 3.8) is 0 Å². The van der Waals surface area contributed by atoms with Gasteiger partial charge in [-0.3, -0.25) is 9.69 Å². The van der Waals surface area contributed by atoms with E-state index in [0.717, 1.165) is 20.8 Å². The topological polar surface area (TPSA) is 45.7 Å². The molecule has 0 aliphatic rings. The summed E-state index contributed by atoms with van der Waals surface area (Å²) in [6, 6.07) is 12.8. The van der Waals surface area contributed by atoms with Crippen LogP contribution in [-0.4, -0.2) is 48.4 Å². The van der Waals surface area contributed by atoms with Crippen LogP contribution in [-0.2, 0) is 17.9 Å². The zero-order valence-corrected chi connectivity index (χ0v) is 16.4. The first-order valence-corrected chi connectivity index (χ1v) is 9.37. The average molecular weight is 387 g/mol. The van der Waals surface area contributed by atoms with E-state index in [1.165, 1.54) is 13.2 Å². The van der Waals surface area contributed by atoms with Gasteiger partial charge in [0.05, 0.1) is 30.4 Å². The molecule has 0 unspecified atom stereocenters. The quantitative estimate of drug-likeness (QED) is 0.622. The van der Waals surface area contributed by atoms with Crippen LogP contribution in [0.1, 0.15) is 10.6 Å². The van der Waals surface area contributed by atoms with Crippen molar-refractivity contribution >= 4 is 27.5 Å². The summed E-state index contributed by atoms with van der Waals surface area (Å²) in [6.45, 7) is 1.19. The third-order valence-corrected chi connectivity index (χ3v) is 5.23. The molecule has 5 nitrogen and oxygen atoms in total. The minimum atomic E-state index is -0.400. The van der Waals surface area contributed by atoms with Gasteiger partial charge in [0.15, 0.2) is 11.6 Å². The molecular formula is C20H22FN3O2S. The first-order valence-electron chi connectivity index (χ1n) is 8.55. The first-order chi connectivity index (χ1) is 13.0. The van der Waals surface area contributed by atoms with Crippen LogP contribution in [0.5, 0.6) is 5.75 Å². The smallest absolute Gasteiger partial charge is 0.236 e. The molecule has 0 saturated carbocycles. The van der Waals surface area contributed by atoms with Gasteiger partial charge in [0.2, 0.25) is 5.91 Å². The zero-order valence-electron chi connectivity index (χ0n) is 15.6. The summed E-state index contributed by atoms with van der Waals surface area (Å²) >= 11 is 1.60. The number of rotatable bonds is 7. The largest absolute Gasteiger partial charge is 0.494 e. The maximum Gasteiger partial charge on any atom is 0.236 e. The number of halogens is 1. The number of likely N-dealkylation sites (N-methyl/N-ethyl adjacent to an activating group) is 2. The number of para-hydroxylation sites is 1. The van der Waals surface area contributed by atoms with Crippen LogP contribution in [0, 0.1) is 5.82 Å². The number of carbonyl (C=O) groups excluding carboxylic acids is 1. The van der Waals surface area contributed by atoms with Gasteiger partial charge >= 0.3 is 0 Å². The number of ether oxygens (including phenoxy) is 1. The van der Waals surface area contributed by atoms with Gasteiger partial charge in [-0.25, -0.2) is 9.37 Å². The second kappa shape index (κ2) is 8.45. The molecule has 0 bridgehead atoms. The molecule has 0 saturated heterocycles. The number of amides is 1. The van der Waals surface area contributed by atoms with Crippen LogP contribution in [0.4, 0.5) is 4.39 Å². The Morgan fingerprint density at radius 3 is 2.67 bits per heavy atom. The maximum absolute atomic E-state index is 13.8. The minimum Gasteiger partial charge on any atom is -0.494 e. The molecule has 3 rings (SSSR count). The van der Waals surface area contributed by atoms with Gasteiger partial charge in [-0.1, -0.05) is 18.2 Å². The van der Waals surface area contributed by atoms with Crippen molar-refractivity contribution in [1.82, 2.24) is 14.8 Å². The molecule has 0 fully saturated rings. The van der Waals surface area contributed by atoms with Gasteiger partial charge < -0.3 is 9.64 Å². The van der Waals surface area contributed by atoms with E-state index in [9.17, 15) is 9.18 Å². The van der Waals surface area contributed by atoms with Crippen molar-refractivity contribution in [3.8, 4) is 5.75 Å². The normalized spacial score (nSPS) is 11.1. The highest BCUT2D eigenvalue weighted by molar-refractivity contribution is 7.18. The lowest BCUT2D eigenvalue weighted by molar-refractivity contribution is -0.131. The Morgan fingerprint density at radius 1 is 1.19 bits per heavy atom. The molecule has 0 N–H and O–H groups in total. The van der Waals surface area contributed by atoms with Gasteiger partial charge in [-0.05, 0) is 36.9 Å². The number of carbonyl (C=O) groups is 1. The first kappa shape index (κ1) is 19.3. The van der Waals surface area contributed by atoms with Crippen molar-refractivity contribution in [2.24, 2.45) is 0 Å². The van der Waals surface area contributed by atoms with Crippen molar-refractivity contribution in [1.29, 1.82) is 0 Å². The third kappa shape index (κ3) is 4.81. The molecule has 27 heavy (non-hydrogen) atoms. The fourth-order valence-electron chi connectivity index (χ4n) is 2.81. The van der Waals surface area contributed by atoms with E-state index in [-0.39, 0.29) is 18.2 Å². The Kier molecular flexibility index (Phi) is 6.03. The molecule has 2 aromatic carbocycles. The van der Waals surface area contributed by atoms with Crippen LogP contribution < -0.4 is 4.74 Å². The molecule has 0 atom stereocenters. The van der Waals surface area contributed by atoms with Crippen molar-refractivity contribution < 1.29 is 13.9 Å². The van der Waals surface area contributed by atoms with Crippen LogP contribution in [0.25, 0.3) is 10.2 Å². The summed E-state index contributed by atoms with van der Waals surface area (Å²) in [5.74, 6) is -0.193. The number of fused-ring (bicyclic) bond motifs is 1. The second-order valence-electron chi connectivity index (χ2n) is 6.47. The number of hydrogen-bond donors (Lipinski definition) is 0. The number of nitrogens with zero attached hydrogens (tertiary/aromatic N) is 3. The predicted octanol–water partition coefficient (Wildman–Crippen LogP) is 3.53. The number of hydrogen-bond acceptors (Lipinski definition) is 5. The molecule has 1 amide bonds. The van der Waals surface area contributed by atoms with E-state index in [2.05, 4.69) is 4.98 Å². The molecule has 0 spiro atoms. The van der Waals surface area contributed by atoms with Crippen molar-refractivity contribution in [2.75, 3.05) is 27.7 Å². The monoisotopic (exact) mass is 387 g/mol. The summed E-state index contributed by atoms with van der Waals surface area (Å²) in [5, 5.41) is 0.909. The van der Waals surface area contributed by atoms with Crippen molar-refractivity contribution in [3.05, 3.63) is 58.9 Å². The number of aromatic nitrogens is 1. The van der Waals surface area contributed by atoms with E-state index in [4.69, 9.17) is 4.74 Å².